The number of nitrogens with zero attached hydrogens (tertiary/aromatic N) is 1. The molecule has 0 unspecified atom stereocenters. The monoisotopic (exact) mass is 390 g/mol. The third kappa shape index (κ3) is 2.46. The number of aryl methyl sites for hydroxylation is 1. The molecule has 4 aromatic rings. The van der Waals surface area contributed by atoms with E-state index in [1.807, 2.05) is 18.2 Å². The summed E-state index contributed by atoms with van der Waals surface area (Å²) in [5.74, 6) is -1.43. The van der Waals surface area contributed by atoms with Crippen molar-refractivity contribution >= 4 is 22.6 Å². The quantitative estimate of drug-likeness (QED) is 0.490. The first-order valence-electron chi connectivity index (χ1n) is 8.96. The largest absolute Gasteiger partial charge is 0.340 e. The summed E-state index contributed by atoms with van der Waals surface area (Å²) in [4.78, 5) is 43.2. The predicted molar refractivity (Wildman–Crippen MR) is 106 cm³/mol. The number of para-hydroxylation sites is 1. The molecule has 0 fully saturated rings. The second kappa shape index (κ2) is 6.03. The van der Waals surface area contributed by atoms with E-state index in [0.29, 0.717) is 28.2 Å². The van der Waals surface area contributed by atoms with E-state index in [2.05, 4.69) is 15.3 Å². The second-order valence-corrected chi connectivity index (χ2v) is 6.97. The summed E-state index contributed by atoms with van der Waals surface area (Å²) < 4.78 is 14.8. The Morgan fingerprint density at radius 3 is 2.45 bits per heavy atom. The topological polar surface area (TPSA) is 99.8 Å². The van der Waals surface area contributed by atoms with Gasteiger partial charge < -0.3 is 10.3 Å². The Morgan fingerprint density at radius 1 is 0.966 bits per heavy atom. The van der Waals surface area contributed by atoms with Gasteiger partial charge in [-0.05, 0) is 41.5 Å². The molecule has 0 saturated heterocycles. The van der Waals surface area contributed by atoms with Gasteiger partial charge in [0.25, 0.3) is 5.56 Å². The van der Waals surface area contributed by atoms with Crippen LogP contribution in [0.5, 0.6) is 0 Å². The number of benzene rings is 2. The van der Waals surface area contributed by atoms with Crippen molar-refractivity contribution in [2.24, 2.45) is 7.05 Å². The molecule has 1 amide bonds. The van der Waals surface area contributed by atoms with Crippen LogP contribution >= 0.6 is 0 Å². The lowest BCUT2D eigenvalue weighted by molar-refractivity contribution is -0.116. The first-order chi connectivity index (χ1) is 14.0. The zero-order valence-electron chi connectivity index (χ0n) is 15.2. The van der Waals surface area contributed by atoms with Crippen LogP contribution in [0.1, 0.15) is 17.0 Å². The Hall–Kier alpha value is -3.94. The van der Waals surface area contributed by atoms with Gasteiger partial charge in [0, 0.05) is 18.3 Å². The van der Waals surface area contributed by atoms with Crippen molar-refractivity contribution < 1.29 is 9.18 Å². The van der Waals surface area contributed by atoms with E-state index >= 15 is 0 Å². The Balaban J connectivity index is 1.91. The van der Waals surface area contributed by atoms with E-state index in [1.165, 1.54) is 23.7 Å². The van der Waals surface area contributed by atoms with Crippen molar-refractivity contribution in [3.63, 3.8) is 0 Å². The number of hydrogen-bond acceptors (Lipinski definition) is 3. The number of rotatable bonds is 2. The molecular formula is C21H15FN4O3. The zero-order chi connectivity index (χ0) is 20.3. The average Bonchev–Trinajstić information content (AvgIpc) is 3.24. The summed E-state index contributed by atoms with van der Waals surface area (Å²) in [5, 5.41) is 3.07. The molecule has 0 radical (unpaired) electrons. The highest BCUT2D eigenvalue weighted by Crippen LogP contribution is 2.43. The summed E-state index contributed by atoms with van der Waals surface area (Å²) in [6, 6.07) is 13.0. The van der Waals surface area contributed by atoms with Crippen LogP contribution in [0.4, 0.5) is 10.1 Å². The fourth-order valence-electron chi connectivity index (χ4n) is 3.96. The minimum Gasteiger partial charge on any atom is -0.340 e. The van der Waals surface area contributed by atoms with Crippen LogP contribution in [0.3, 0.4) is 0 Å². The molecule has 3 heterocycles. The van der Waals surface area contributed by atoms with Crippen LogP contribution in [0.25, 0.3) is 22.3 Å². The van der Waals surface area contributed by atoms with Crippen molar-refractivity contribution in [3.05, 3.63) is 86.3 Å². The van der Waals surface area contributed by atoms with Crippen molar-refractivity contribution in [3.8, 4) is 11.3 Å². The molecule has 0 bridgehead atoms. The van der Waals surface area contributed by atoms with E-state index in [1.54, 1.807) is 18.2 Å². The van der Waals surface area contributed by atoms with Crippen LogP contribution in [0.2, 0.25) is 0 Å². The first-order valence-corrected chi connectivity index (χ1v) is 8.96. The molecule has 5 rings (SSSR count). The molecule has 1 aliphatic heterocycles. The van der Waals surface area contributed by atoms with Crippen molar-refractivity contribution in [1.82, 2.24) is 14.5 Å². The zero-order valence-corrected chi connectivity index (χ0v) is 15.2. The van der Waals surface area contributed by atoms with Gasteiger partial charge in [0.1, 0.15) is 11.5 Å². The molecule has 144 valence electrons. The summed E-state index contributed by atoms with van der Waals surface area (Å²) >= 11 is 0. The van der Waals surface area contributed by atoms with Gasteiger partial charge in [-0.1, -0.05) is 18.2 Å². The van der Waals surface area contributed by atoms with E-state index in [0.717, 1.165) is 5.56 Å². The number of amides is 1. The van der Waals surface area contributed by atoms with E-state index in [4.69, 9.17) is 0 Å². The van der Waals surface area contributed by atoms with Crippen LogP contribution in [0, 0.1) is 5.82 Å². The highest BCUT2D eigenvalue weighted by molar-refractivity contribution is 6.08. The molecule has 7 nitrogen and oxygen atoms in total. The molecule has 29 heavy (non-hydrogen) atoms. The van der Waals surface area contributed by atoms with Crippen molar-refractivity contribution in [2.45, 2.75) is 5.92 Å². The summed E-state index contributed by atoms with van der Waals surface area (Å²) in [5.41, 5.74) is 2.08. The van der Waals surface area contributed by atoms with Crippen molar-refractivity contribution in [1.29, 1.82) is 0 Å². The minimum atomic E-state index is -0.751. The maximum Gasteiger partial charge on any atom is 0.329 e. The molecule has 0 spiro atoms. The number of carbonyl (C=O) groups is 1. The van der Waals surface area contributed by atoms with Crippen LogP contribution in [-0.4, -0.2) is 20.4 Å². The highest BCUT2D eigenvalue weighted by atomic mass is 19.1. The third-order valence-corrected chi connectivity index (χ3v) is 5.32. The fourth-order valence-corrected chi connectivity index (χ4v) is 3.96. The lowest BCUT2D eigenvalue weighted by Crippen LogP contribution is -2.28. The lowest BCUT2D eigenvalue weighted by atomic mass is 9.89. The molecule has 3 N–H and O–H groups in total. The third-order valence-electron chi connectivity index (χ3n) is 5.32. The smallest absolute Gasteiger partial charge is 0.329 e. The molecule has 2 aromatic carbocycles. The SMILES string of the molecule is Cn1c(=O)[nH]c(=O)c2c([C@@H]3C(=O)Nc4ccccc43)c(-c3ccc(F)cc3)[nH]c21. The van der Waals surface area contributed by atoms with E-state index in [9.17, 15) is 18.8 Å². The first kappa shape index (κ1) is 17.2. The Morgan fingerprint density at radius 2 is 1.69 bits per heavy atom. The Labute approximate surface area is 162 Å². The van der Waals surface area contributed by atoms with E-state index < -0.39 is 23.0 Å². The summed E-state index contributed by atoms with van der Waals surface area (Å²) in [6.07, 6.45) is 0. The molecule has 2 aromatic heterocycles. The second-order valence-electron chi connectivity index (χ2n) is 6.97. The minimum absolute atomic E-state index is 0.225. The summed E-state index contributed by atoms with van der Waals surface area (Å²) in [7, 11) is 1.53. The number of hydrogen-bond donors (Lipinski definition) is 3. The standard InChI is InChI=1S/C21H15FN4O3/c1-26-18-16(20(28)25-21(26)29)15(17(24-18)10-6-8-11(22)9-7-10)14-12-4-2-3-5-13(12)23-19(14)27/h2-9,14,24H,1H3,(H,23,27)(H,25,28,29)/t14-/m1/s1. The number of aromatic nitrogens is 3. The molecule has 0 saturated carbocycles. The molecule has 8 heteroatoms. The van der Waals surface area contributed by atoms with Crippen LogP contribution < -0.4 is 16.6 Å². The highest BCUT2D eigenvalue weighted by Gasteiger charge is 2.37. The fraction of sp³-hybridized carbons (Fsp3) is 0.0952. The van der Waals surface area contributed by atoms with Crippen molar-refractivity contribution in [2.75, 3.05) is 5.32 Å². The van der Waals surface area contributed by atoms with Gasteiger partial charge >= 0.3 is 5.69 Å². The average molecular weight is 390 g/mol. The lowest BCUT2D eigenvalue weighted by Gasteiger charge is -2.11. The maximum atomic E-state index is 13.5. The maximum absolute atomic E-state index is 13.5. The molecular weight excluding hydrogens is 375 g/mol. The molecule has 1 aliphatic rings. The van der Waals surface area contributed by atoms with Gasteiger partial charge in [-0.25, -0.2) is 9.18 Å². The Bertz CT molecular complexity index is 1410. The number of nitrogens with one attached hydrogen (secondary N) is 3. The number of aromatic amines is 2. The number of anilines is 1. The number of H-pyrrole nitrogens is 2. The van der Waals surface area contributed by atoms with E-state index in [-0.39, 0.29) is 11.3 Å². The number of fused-ring (bicyclic) bond motifs is 2. The molecule has 0 aliphatic carbocycles. The van der Waals surface area contributed by atoms with Gasteiger partial charge in [-0.2, -0.15) is 0 Å². The Kier molecular flexibility index (Phi) is 3.57. The van der Waals surface area contributed by atoms with Gasteiger partial charge in [-0.3, -0.25) is 19.1 Å². The molecule has 1 atom stereocenters. The van der Waals surface area contributed by atoms with Gasteiger partial charge in [0.05, 0.1) is 17.0 Å². The predicted octanol–water partition coefficient (Wildman–Crippen LogP) is 2.44. The van der Waals surface area contributed by atoms with Crippen LogP contribution in [0.15, 0.2) is 58.1 Å². The van der Waals surface area contributed by atoms with Gasteiger partial charge in [0.15, 0.2) is 0 Å². The normalized spacial score (nSPS) is 15.5. The number of carbonyl (C=O) groups excluding carboxylic acids is 1. The van der Waals surface area contributed by atoms with Crippen LogP contribution in [-0.2, 0) is 11.8 Å². The number of halogens is 1. The van der Waals surface area contributed by atoms with Gasteiger partial charge in [-0.15, -0.1) is 0 Å². The summed E-state index contributed by atoms with van der Waals surface area (Å²) in [6.45, 7) is 0. The van der Waals surface area contributed by atoms with Gasteiger partial charge in [0.2, 0.25) is 5.91 Å².